The average molecular weight is 401 g/mol. The number of methoxy groups -OCH3 is 1. The molecule has 0 amide bonds. The second kappa shape index (κ2) is 6.63. The third-order valence-electron chi connectivity index (χ3n) is 5.81. The van der Waals surface area contributed by atoms with E-state index in [-0.39, 0.29) is 11.4 Å². The fourth-order valence-electron chi connectivity index (χ4n) is 4.77. The maximum atomic E-state index is 14.1. The highest BCUT2D eigenvalue weighted by Crippen LogP contribution is 2.53. The number of benzene rings is 3. The Bertz CT molecular complexity index is 1200. The van der Waals surface area contributed by atoms with Crippen LogP contribution < -0.4 is 14.8 Å². The Morgan fingerprint density at radius 2 is 1.83 bits per heavy atom. The van der Waals surface area contributed by atoms with E-state index in [2.05, 4.69) is 44.3 Å². The summed E-state index contributed by atoms with van der Waals surface area (Å²) in [5, 5.41) is 3.62. The number of hydrogen-bond acceptors (Lipinski definition) is 3. The Morgan fingerprint density at radius 1 is 1.03 bits per heavy atom. The van der Waals surface area contributed by atoms with Crippen molar-refractivity contribution in [3.8, 4) is 22.6 Å². The van der Waals surface area contributed by atoms with Crippen molar-refractivity contribution in [2.45, 2.75) is 32.4 Å². The molecule has 0 spiro atoms. The van der Waals surface area contributed by atoms with Crippen LogP contribution in [0.1, 0.15) is 43.6 Å². The summed E-state index contributed by atoms with van der Waals surface area (Å²) in [7, 11) is 1.67. The molecule has 0 fully saturated rings. The second-order valence-electron chi connectivity index (χ2n) is 8.51. The molecule has 2 heterocycles. The predicted molar refractivity (Wildman–Crippen MR) is 119 cm³/mol. The lowest BCUT2D eigenvalue weighted by Gasteiger charge is -2.37. The van der Waals surface area contributed by atoms with Crippen molar-refractivity contribution in [2.24, 2.45) is 0 Å². The van der Waals surface area contributed by atoms with Gasteiger partial charge in [0.05, 0.1) is 18.2 Å². The van der Waals surface area contributed by atoms with Gasteiger partial charge < -0.3 is 14.8 Å². The summed E-state index contributed by atoms with van der Waals surface area (Å²) in [6.07, 6.45) is 1.81. The Kier molecular flexibility index (Phi) is 4.14. The molecule has 5 rings (SSSR count). The first-order valence-corrected chi connectivity index (χ1v) is 10.1. The van der Waals surface area contributed by atoms with Crippen LogP contribution >= 0.6 is 0 Å². The van der Waals surface area contributed by atoms with Crippen LogP contribution in [0.3, 0.4) is 0 Å². The van der Waals surface area contributed by atoms with Crippen LogP contribution in [-0.2, 0) is 0 Å². The molecule has 0 aromatic heterocycles. The smallest absolute Gasteiger partial charge is 0.150 e. The van der Waals surface area contributed by atoms with Gasteiger partial charge in [-0.3, -0.25) is 0 Å². The van der Waals surface area contributed by atoms with Gasteiger partial charge in [-0.1, -0.05) is 30.3 Å². The number of hydrogen-bond donors (Lipinski definition) is 1. The molecule has 0 saturated heterocycles. The van der Waals surface area contributed by atoms with Gasteiger partial charge in [0, 0.05) is 16.8 Å². The largest absolute Gasteiger partial charge is 0.496 e. The van der Waals surface area contributed by atoms with Crippen molar-refractivity contribution >= 4 is 11.3 Å². The first-order chi connectivity index (χ1) is 14.4. The average Bonchev–Trinajstić information content (AvgIpc) is 2.71. The lowest BCUT2D eigenvalue weighted by atomic mass is 9.80. The monoisotopic (exact) mass is 401 g/mol. The Morgan fingerprint density at radius 3 is 2.60 bits per heavy atom. The van der Waals surface area contributed by atoms with E-state index in [4.69, 9.17) is 9.47 Å². The minimum Gasteiger partial charge on any atom is -0.496 e. The molecule has 30 heavy (non-hydrogen) atoms. The quantitative estimate of drug-likeness (QED) is 0.525. The number of anilines is 1. The first kappa shape index (κ1) is 18.7. The van der Waals surface area contributed by atoms with Crippen LogP contribution in [0.4, 0.5) is 10.1 Å². The number of ether oxygens (including phenoxy) is 2. The van der Waals surface area contributed by atoms with E-state index < -0.39 is 6.10 Å². The van der Waals surface area contributed by atoms with Crippen LogP contribution in [0, 0.1) is 5.82 Å². The van der Waals surface area contributed by atoms with Crippen molar-refractivity contribution in [1.29, 1.82) is 0 Å². The summed E-state index contributed by atoms with van der Waals surface area (Å²) in [6, 6.07) is 16.7. The normalized spacial score (nSPS) is 18.2. The second-order valence-corrected chi connectivity index (χ2v) is 8.51. The van der Waals surface area contributed by atoms with E-state index in [0.29, 0.717) is 0 Å². The lowest BCUT2D eigenvalue weighted by molar-refractivity contribution is 0.241. The Hall–Kier alpha value is -3.27. The number of nitrogens with one attached hydrogen (secondary N) is 1. The van der Waals surface area contributed by atoms with Crippen LogP contribution in [0.15, 0.2) is 60.7 Å². The third kappa shape index (κ3) is 2.86. The van der Waals surface area contributed by atoms with Crippen molar-refractivity contribution < 1.29 is 13.9 Å². The molecular weight excluding hydrogens is 377 g/mol. The highest BCUT2D eigenvalue weighted by atomic mass is 19.1. The van der Waals surface area contributed by atoms with Crippen LogP contribution in [0.5, 0.6) is 11.5 Å². The van der Waals surface area contributed by atoms with Gasteiger partial charge in [-0.15, -0.1) is 0 Å². The highest BCUT2D eigenvalue weighted by molar-refractivity contribution is 5.91. The van der Waals surface area contributed by atoms with Gasteiger partial charge >= 0.3 is 0 Å². The fourth-order valence-corrected chi connectivity index (χ4v) is 4.77. The van der Waals surface area contributed by atoms with E-state index in [1.807, 2.05) is 24.3 Å². The maximum absolute atomic E-state index is 14.1. The number of fused-ring (bicyclic) bond motifs is 5. The van der Waals surface area contributed by atoms with E-state index in [1.165, 1.54) is 11.6 Å². The van der Waals surface area contributed by atoms with Crippen LogP contribution in [0.2, 0.25) is 0 Å². The van der Waals surface area contributed by atoms with Crippen molar-refractivity contribution in [3.05, 3.63) is 83.2 Å². The van der Waals surface area contributed by atoms with Crippen molar-refractivity contribution in [3.63, 3.8) is 0 Å². The number of allylic oxidation sites excluding steroid dienone is 1. The fraction of sp³-hybridized carbons (Fsp3) is 0.231. The standard InChI is InChI=1S/C26H24FNO2/c1-15-14-26(2,3)28-19-12-11-18-23-20(29-4)9-6-10-21(23)30-25(24(18)22(15)19)16-7-5-8-17(27)13-16/h5-14,25,28H,1-4H3. The molecular formula is C26H24FNO2. The van der Waals surface area contributed by atoms with E-state index in [1.54, 1.807) is 19.2 Å². The summed E-state index contributed by atoms with van der Waals surface area (Å²) in [6.45, 7) is 6.43. The van der Waals surface area contributed by atoms with E-state index in [9.17, 15) is 4.39 Å². The van der Waals surface area contributed by atoms with Gasteiger partial charge in [0.2, 0.25) is 0 Å². The van der Waals surface area contributed by atoms with Gasteiger partial charge in [0.25, 0.3) is 0 Å². The predicted octanol–water partition coefficient (Wildman–Crippen LogP) is 6.59. The van der Waals surface area contributed by atoms with Gasteiger partial charge in [0.15, 0.2) is 6.10 Å². The minimum atomic E-state index is -0.420. The molecule has 3 aromatic carbocycles. The molecule has 0 saturated carbocycles. The molecule has 0 bridgehead atoms. The Balaban J connectivity index is 1.84. The van der Waals surface area contributed by atoms with Crippen LogP contribution in [-0.4, -0.2) is 12.6 Å². The highest BCUT2D eigenvalue weighted by Gasteiger charge is 2.35. The zero-order chi connectivity index (χ0) is 21.0. The van der Waals surface area contributed by atoms with Crippen molar-refractivity contribution in [2.75, 3.05) is 12.4 Å². The summed E-state index contributed by atoms with van der Waals surface area (Å²) >= 11 is 0. The summed E-state index contributed by atoms with van der Waals surface area (Å²) < 4.78 is 26.3. The van der Waals surface area contributed by atoms with Gasteiger partial charge in [-0.2, -0.15) is 0 Å². The molecule has 0 radical (unpaired) electrons. The lowest BCUT2D eigenvalue weighted by Crippen LogP contribution is -2.32. The molecule has 152 valence electrons. The Labute approximate surface area is 176 Å². The SMILES string of the molecule is COc1cccc2c1-c1ccc3c(c1C(c1cccc(F)c1)O2)C(C)=CC(C)(C)N3. The summed E-state index contributed by atoms with van der Waals surface area (Å²) in [5.41, 5.74) is 7.00. The third-order valence-corrected chi connectivity index (χ3v) is 5.81. The molecule has 1 N–H and O–H groups in total. The number of halogens is 1. The zero-order valence-corrected chi connectivity index (χ0v) is 17.5. The molecule has 2 aliphatic rings. The van der Waals surface area contributed by atoms with Gasteiger partial charge in [0.1, 0.15) is 17.3 Å². The summed E-state index contributed by atoms with van der Waals surface area (Å²) in [5.74, 6) is 1.23. The molecule has 1 atom stereocenters. The molecule has 2 aliphatic heterocycles. The zero-order valence-electron chi connectivity index (χ0n) is 17.5. The maximum Gasteiger partial charge on any atom is 0.150 e. The molecule has 3 aromatic rings. The van der Waals surface area contributed by atoms with Gasteiger partial charge in [-0.05, 0) is 67.8 Å². The molecule has 1 unspecified atom stereocenters. The van der Waals surface area contributed by atoms with Crippen LogP contribution in [0.25, 0.3) is 16.7 Å². The number of rotatable bonds is 2. The van der Waals surface area contributed by atoms with Crippen molar-refractivity contribution in [1.82, 2.24) is 0 Å². The van der Waals surface area contributed by atoms with E-state index >= 15 is 0 Å². The molecule has 4 heteroatoms. The minimum absolute atomic E-state index is 0.148. The topological polar surface area (TPSA) is 30.5 Å². The van der Waals surface area contributed by atoms with Gasteiger partial charge in [-0.25, -0.2) is 4.39 Å². The summed E-state index contributed by atoms with van der Waals surface area (Å²) in [4.78, 5) is 0. The molecule has 3 nitrogen and oxygen atoms in total. The first-order valence-electron chi connectivity index (χ1n) is 10.1. The van der Waals surface area contributed by atoms with E-state index in [0.717, 1.165) is 45.0 Å². The molecule has 0 aliphatic carbocycles.